The maximum atomic E-state index is 9.83. The Balaban J connectivity index is 0. The third-order valence-electron chi connectivity index (χ3n) is 0. The zero-order valence-electron chi connectivity index (χ0n) is 2.72. The van der Waals surface area contributed by atoms with Crippen LogP contribution >= 0.6 is 0 Å². The van der Waals surface area contributed by atoms with Crippen molar-refractivity contribution in [1.29, 1.82) is 0 Å². The first-order chi connectivity index (χ1) is 2.00. The molecule has 6 heavy (non-hydrogen) atoms. The van der Waals surface area contributed by atoms with Gasteiger partial charge in [0.15, 0.2) is 0 Å². The van der Waals surface area contributed by atoms with E-state index in [1.54, 1.807) is 0 Å². The van der Waals surface area contributed by atoms with E-state index in [1.807, 2.05) is 0 Å². The molecule has 0 N–H and O–H groups in total. The molecule has 0 fully saturated rings. The van der Waals surface area contributed by atoms with E-state index in [0.29, 0.717) is 0 Å². The van der Waals surface area contributed by atoms with Crippen molar-refractivity contribution < 1.29 is 16.4 Å². The lowest BCUT2D eigenvalue weighted by molar-refractivity contribution is 0.368. The van der Waals surface area contributed by atoms with Crippen molar-refractivity contribution in [3.05, 3.63) is 0 Å². The number of rotatable bonds is 0. The summed E-state index contributed by atoms with van der Waals surface area (Å²) in [5.74, 6) is 0. The molecule has 0 atom stereocenters. The zero-order chi connectivity index (χ0) is 4.50. The Morgan fingerprint density at radius 2 is 0.833 bits per heavy atom. The lowest BCUT2D eigenvalue weighted by atomic mass is 18.6. The summed E-state index contributed by atoms with van der Waals surface area (Å²) in [6.07, 6.45) is 0. The van der Waals surface area contributed by atoms with Crippen LogP contribution in [0.4, 0.5) is 16.4 Å². The fourth-order valence-corrected chi connectivity index (χ4v) is 0. The van der Waals surface area contributed by atoms with Gasteiger partial charge in [-0.3, -0.25) is 0 Å². The van der Waals surface area contributed by atoms with Gasteiger partial charge in [-0.2, -0.15) is 0 Å². The minimum atomic E-state index is -6.61. The van der Waals surface area contributed by atoms with E-state index in [4.69, 9.17) is 0 Å². The van der Waals surface area contributed by atoms with Crippen LogP contribution in [0.2, 0.25) is 0 Å². The molecule has 0 aliphatic carbocycles. The average Bonchev–Trinajstić information content (AvgIpc) is 0.722. The topological polar surface area (TPSA) is 0 Å². The second-order valence-corrected chi connectivity index (χ2v) is 1.29. The lowest BCUT2D eigenvalue weighted by Gasteiger charge is -1.75. The lowest BCUT2D eigenvalue weighted by Crippen LogP contribution is -2.02. The molecule has 0 aromatic carbocycles. The summed E-state index contributed by atoms with van der Waals surface area (Å²) >= 11 is 0. The Morgan fingerprint density at radius 1 is 0.833 bits per heavy atom. The molecule has 0 bridgehead atoms. The van der Waals surface area contributed by atoms with Gasteiger partial charge >= 0.3 is 9.41 Å². The third kappa shape index (κ3) is 130. The minimum absolute atomic E-state index is 0. The summed E-state index contributed by atoms with van der Waals surface area (Å²) in [4.78, 5) is 0. The van der Waals surface area contributed by atoms with Gasteiger partial charge in [0.25, 0.3) is 0 Å². The van der Waals surface area contributed by atoms with E-state index in [0.717, 1.165) is 0 Å². The number of hydrogen-bond donors (Lipinski definition) is 0. The van der Waals surface area contributed by atoms with Gasteiger partial charge < -0.3 is 0 Å². The summed E-state index contributed by atoms with van der Waals surface area (Å²) in [5, 5.41) is 0. The first-order valence-corrected chi connectivity index (χ1v) is 2.27. The number of halogens is 4. The van der Waals surface area contributed by atoms with E-state index in [2.05, 4.69) is 0 Å². The maximum Gasteiger partial charge on any atom is 0.844 e. The quantitative estimate of drug-likeness (QED) is 0.259. The molecule has 0 nitrogen and oxygen atoms in total. The molecule has 0 spiro atoms. The van der Waals surface area contributed by atoms with E-state index in [1.165, 1.54) is 0 Å². The largest absolute Gasteiger partial charge is 0.844 e. The fraction of sp³-hybridized carbons (Fsp3) is 0. The second kappa shape index (κ2) is 2.81. The molecule has 0 aromatic heterocycles. The van der Waals surface area contributed by atoms with Crippen LogP contribution in [0.1, 0.15) is 0 Å². The zero-order valence-corrected chi connectivity index (χ0v) is 5.13. The summed E-state index contributed by atoms with van der Waals surface area (Å²) in [6, 6.07) is 0. The van der Waals surface area contributed by atoms with Gasteiger partial charge in [-0.25, -0.2) is 16.4 Å². The highest BCUT2D eigenvalue weighted by atomic mass is 28.5. The molecule has 0 rings (SSSR count). The van der Waals surface area contributed by atoms with Gasteiger partial charge in [-0.1, -0.05) is 0 Å². The van der Waals surface area contributed by atoms with Crippen molar-refractivity contribution in [3.63, 3.8) is 0 Å². The van der Waals surface area contributed by atoms with Crippen molar-refractivity contribution in [2.75, 3.05) is 0 Å². The van der Waals surface area contributed by atoms with E-state index in [9.17, 15) is 16.4 Å². The molecule has 0 heterocycles. The van der Waals surface area contributed by atoms with Crippen molar-refractivity contribution >= 4 is 32.5 Å². The molecule has 34 valence electrons. The number of hydrogen-bond acceptors (Lipinski definition) is 0. The van der Waals surface area contributed by atoms with Crippen molar-refractivity contribution in [1.82, 2.24) is 0 Å². The summed E-state index contributed by atoms with van der Waals surface area (Å²) < 4.78 is 39.3. The fourth-order valence-electron chi connectivity index (χ4n) is 0. The van der Waals surface area contributed by atoms with Gasteiger partial charge in [0.1, 0.15) is 0 Å². The molecular weight excluding hydrogens is 128 g/mol. The van der Waals surface area contributed by atoms with Crippen molar-refractivity contribution in [2.24, 2.45) is 0 Å². The Labute approximate surface area is 49.4 Å². The summed E-state index contributed by atoms with van der Waals surface area (Å²) in [6.45, 7) is 0. The highest BCUT2D eigenvalue weighted by Gasteiger charge is 2.39. The van der Waals surface area contributed by atoms with Gasteiger partial charge in [0.2, 0.25) is 0 Å². The molecule has 6 heteroatoms. The second-order valence-electron chi connectivity index (χ2n) is 0.429. The highest BCUT2D eigenvalue weighted by Crippen LogP contribution is 2.06. The van der Waals surface area contributed by atoms with Crippen LogP contribution < -0.4 is 0 Å². The molecule has 0 aromatic rings. The Morgan fingerprint density at radius 3 is 0.833 bits per heavy atom. The standard InChI is InChI=1S/F4Si.Mg/c1-5(2,3)4;. The molecule has 0 aliphatic rings. The van der Waals surface area contributed by atoms with Gasteiger partial charge in [-0.05, 0) is 0 Å². The van der Waals surface area contributed by atoms with Crippen LogP contribution in [0.25, 0.3) is 0 Å². The SMILES string of the molecule is F[Si](F)(F)F.[Mg]. The maximum absolute atomic E-state index is 9.83. The van der Waals surface area contributed by atoms with Crippen molar-refractivity contribution in [3.8, 4) is 0 Å². The Hall–Kier alpha value is 0.703. The Kier molecular flexibility index (Phi) is 4.61. The molecule has 0 unspecified atom stereocenters. The van der Waals surface area contributed by atoms with Crippen molar-refractivity contribution in [2.45, 2.75) is 0 Å². The first kappa shape index (κ1) is 9.86. The van der Waals surface area contributed by atoms with Gasteiger partial charge in [0, 0.05) is 23.1 Å². The molecule has 0 saturated carbocycles. The van der Waals surface area contributed by atoms with E-state index >= 15 is 0 Å². The van der Waals surface area contributed by atoms with Gasteiger partial charge in [0.05, 0.1) is 0 Å². The molecule has 0 aliphatic heterocycles. The monoisotopic (exact) mass is 128 g/mol. The van der Waals surface area contributed by atoms with Crippen LogP contribution in [0.15, 0.2) is 0 Å². The normalized spacial score (nSPS) is 10.0. The predicted molar refractivity (Wildman–Crippen MR) is 15.9 cm³/mol. The summed E-state index contributed by atoms with van der Waals surface area (Å²) in [5.41, 5.74) is 0. The molecule has 0 amide bonds. The average molecular weight is 128 g/mol. The first-order valence-electron chi connectivity index (χ1n) is 0.756. The minimum Gasteiger partial charge on any atom is -0.211 e. The van der Waals surface area contributed by atoms with E-state index < -0.39 is 9.41 Å². The van der Waals surface area contributed by atoms with Crippen LogP contribution in [0.3, 0.4) is 0 Å². The molecule has 0 saturated heterocycles. The highest BCUT2D eigenvalue weighted by molar-refractivity contribution is 6.50. The molecular formula is F4MgSi. The molecule has 2 radical (unpaired) electrons. The van der Waals surface area contributed by atoms with Gasteiger partial charge in [-0.15, -0.1) is 0 Å². The van der Waals surface area contributed by atoms with Crippen LogP contribution in [-0.4, -0.2) is 32.5 Å². The Bertz CT molecular complexity index is 23.0. The smallest absolute Gasteiger partial charge is 0.211 e. The van der Waals surface area contributed by atoms with Crippen LogP contribution in [0, 0.1) is 0 Å². The van der Waals surface area contributed by atoms with Crippen LogP contribution in [-0.2, 0) is 0 Å². The summed E-state index contributed by atoms with van der Waals surface area (Å²) in [7, 11) is -6.61. The predicted octanol–water partition coefficient (Wildman–Crippen LogP) is 0.919. The van der Waals surface area contributed by atoms with Crippen LogP contribution in [0.5, 0.6) is 0 Å². The van der Waals surface area contributed by atoms with E-state index in [-0.39, 0.29) is 23.1 Å². The third-order valence-corrected chi connectivity index (χ3v) is 0.